The lowest BCUT2D eigenvalue weighted by Crippen LogP contribution is -2.36. The van der Waals surface area contributed by atoms with Crippen molar-refractivity contribution in [3.63, 3.8) is 0 Å². The number of benzene rings is 4. The first-order valence-corrected chi connectivity index (χ1v) is 14.6. The van der Waals surface area contributed by atoms with Gasteiger partial charge < -0.3 is 20.3 Å². The maximum absolute atomic E-state index is 13.4. The Hall–Kier alpha value is -4.82. The van der Waals surface area contributed by atoms with Gasteiger partial charge in [0.2, 0.25) is 5.91 Å². The summed E-state index contributed by atoms with van der Waals surface area (Å²) >= 11 is 1.42. The summed E-state index contributed by atoms with van der Waals surface area (Å²) in [4.78, 5) is 42.2. The van der Waals surface area contributed by atoms with Crippen LogP contribution in [0.3, 0.4) is 0 Å². The second kappa shape index (κ2) is 13.7. The fraction of sp³-hybridized carbons (Fsp3) is 0.147. The average molecular weight is 578 g/mol. The Labute approximate surface area is 249 Å². The average Bonchev–Trinajstić information content (AvgIpc) is 3.03. The van der Waals surface area contributed by atoms with Crippen LogP contribution >= 0.6 is 11.8 Å². The summed E-state index contributed by atoms with van der Waals surface area (Å²) in [6.07, 6.45) is 3.53. The van der Waals surface area contributed by atoms with Gasteiger partial charge in [-0.1, -0.05) is 54.6 Å². The molecule has 0 aliphatic carbocycles. The van der Waals surface area contributed by atoms with E-state index >= 15 is 0 Å². The lowest BCUT2D eigenvalue weighted by atomic mass is 10.0. The fourth-order valence-electron chi connectivity index (χ4n) is 4.72. The molecule has 0 saturated carbocycles. The number of para-hydroxylation sites is 1. The van der Waals surface area contributed by atoms with Gasteiger partial charge in [0.05, 0.1) is 12.9 Å². The molecule has 1 heterocycles. The van der Waals surface area contributed by atoms with Crippen molar-refractivity contribution in [3.05, 3.63) is 126 Å². The number of nitrogens with one attached hydrogen (secondary N) is 2. The van der Waals surface area contributed by atoms with Crippen molar-refractivity contribution in [1.82, 2.24) is 5.32 Å². The number of ether oxygens (including phenoxy) is 1. The topological polar surface area (TPSA) is 87.7 Å². The van der Waals surface area contributed by atoms with Crippen molar-refractivity contribution in [3.8, 4) is 5.75 Å². The zero-order chi connectivity index (χ0) is 29.3. The van der Waals surface area contributed by atoms with E-state index in [1.54, 1.807) is 55.7 Å². The van der Waals surface area contributed by atoms with Gasteiger partial charge in [0, 0.05) is 28.4 Å². The van der Waals surface area contributed by atoms with E-state index in [-0.39, 0.29) is 17.4 Å². The number of hydrogen-bond acceptors (Lipinski definition) is 5. The van der Waals surface area contributed by atoms with Crippen LogP contribution in [0.1, 0.15) is 27.9 Å². The highest BCUT2D eigenvalue weighted by molar-refractivity contribution is 8.00. The summed E-state index contributed by atoms with van der Waals surface area (Å²) in [5, 5.41) is 5.64. The zero-order valence-corrected chi connectivity index (χ0v) is 24.0. The molecule has 1 aliphatic rings. The standard InChI is InChI=1S/C34H31N3O4S/c1-41-28-16-7-10-24(20-28)21-30(36-33(39)26-12-3-2-4-13-26)34(40)35-27-15-8-17-29(22-27)42-23-32(38)37-19-9-14-25-11-5-6-18-31(25)37/h2-8,10-13,15-18,20-22H,9,14,19,23H2,1H3,(H,35,40)(H,36,39)/b30-21-. The largest absolute Gasteiger partial charge is 0.497 e. The number of amides is 3. The van der Waals surface area contributed by atoms with E-state index in [4.69, 9.17) is 4.74 Å². The summed E-state index contributed by atoms with van der Waals surface area (Å²) in [5.74, 6) is 0.0750. The van der Waals surface area contributed by atoms with Crippen molar-refractivity contribution in [1.29, 1.82) is 0 Å². The molecule has 0 radical (unpaired) electrons. The minimum absolute atomic E-state index is 0.0497. The summed E-state index contributed by atoms with van der Waals surface area (Å²) < 4.78 is 5.31. The van der Waals surface area contributed by atoms with Crippen LogP contribution in [0.2, 0.25) is 0 Å². The first kappa shape index (κ1) is 28.7. The highest BCUT2D eigenvalue weighted by atomic mass is 32.2. The minimum Gasteiger partial charge on any atom is -0.497 e. The molecule has 1 aliphatic heterocycles. The van der Waals surface area contributed by atoms with E-state index in [9.17, 15) is 14.4 Å². The molecule has 0 fully saturated rings. The molecular formula is C34H31N3O4S. The number of fused-ring (bicyclic) bond motifs is 1. The number of methoxy groups -OCH3 is 1. The molecule has 0 aromatic heterocycles. The summed E-state index contributed by atoms with van der Waals surface area (Å²) in [6.45, 7) is 0.712. The Morgan fingerprint density at radius 1 is 0.905 bits per heavy atom. The van der Waals surface area contributed by atoms with Gasteiger partial charge in [-0.25, -0.2) is 0 Å². The van der Waals surface area contributed by atoms with Crippen LogP contribution in [-0.4, -0.2) is 37.1 Å². The molecule has 0 unspecified atom stereocenters. The van der Waals surface area contributed by atoms with Crippen molar-refractivity contribution < 1.29 is 19.1 Å². The number of rotatable bonds is 9. The third-order valence-corrected chi connectivity index (χ3v) is 7.78. The van der Waals surface area contributed by atoms with E-state index in [0.29, 0.717) is 29.1 Å². The second-order valence-corrected chi connectivity index (χ2v) is 10.8. The first-order chi connectivity index (χ1) is 20.5. The summed E-state index contributed by atoms with van der Waals surface area (Å²) in [7, 11) is 1.57. The quantitative estimate of drug-likeness (QED) is 0.183. The molecule has 0 saturated heterocycles. The SMILES string of the molecule is COc1cccc(/C=C(\NC(=O)c2ccccc2)C(=O)Nc2cccc(SCC(=O)N3CCCc4ccccc43)c2)c1. The molecule has 2 N–H and O–H groups in total. The Balaban J connectivity index is 1.29. The molecule has 0 atom stereocenters. The van der Waals surface area contributed by atoms with Crippen LogP contribution in [0.15, 0.2) is 114 Å². The number of aryl methyl sites for hydroxylation is 1. The molecule has 7 nitrogen and oxygen atoms in total. The van der Waals surface area contributed by atoms with E-state index in [1.807, 2.05) is 59.5 Å². The lowest BCUT2D eigenvalue weighted by Gasteiger charge is -2.29. The van der Waals surface area contributed by atoms with Crippen molar-refractivity contribution in [2.45, 2.75) is 17.7 Å². The van der Waals surface area contributed by atoms with E-state index in [2.05, 4.69) is 16.7 Å². The van der Waals surface area contributed by atoms with Crippen LogP contribution in [0, 0.1) is 0 Å². The Kier molecular flexibility index (Phi) is 9.36. The van der Waals surface area contributed by atoms with Crippen LogP contribution in [0.25, 0.3) is 6.08 Å². The number of thioether (sulfide) groups is 1. The Morgan fingerprint density at radius 3 is 2.52 bits per heavy atom. The molecule has 5 rings (SSSR count). The number of anilines is 2. The maximum Gasteiger partial charge on any atom is 0.272 e. The van der Waals surface area contributed by atoms with E-state index in [1.165, 1.54) is 17.3 Å². The van der Waals surface area contributed by atoms with Gasteiger partial charge in [0.1, 0.15) is 11.4 Å². The van der Waals surface area contributed by atoms with Crippen molar-refractivity contribution in [2.75, 3.05) is 29.6 Å². The van der Waals surface area contributed by atoms with Gasteiger partial charge in [-0.2, -0.15) is 0 Å². The van der Waals surface area contributed by atoms with Crippen LogP contribution < -0.4 is 20.3 Å². The molecule has 8 heteroatoms. The molecule has 42 heavy (non-hydrogen) atoms. The van der Waals surface area contributed by atoms with Gasteiger partial charge in [-0.3, -0.25) is 14.4 Å². The van der Waals surface area contributed by atoms with Gasteiger partial charge in [0.15, 0.2) is 0 Å². The first-order valence-electron chi connectivity index (χ1n) is 13.6. The summed E-state index contributed by atoms with van der Waals surface area (Å²) in [5.41, 5.74) is 3.93. The Bertz CT molecular complexity index is 1620. The molecule has 3 amide bonds. The molecule has 0 spiro atoms. The third-order valence-electron chi connectivity index (χ3n) is 6.80. The maximum atomic E-state index is 13.4. The molecule has 4 aromatic rings. The summed E-state index contributed by atoms with van der Waals surface area (Å²) in [6, 6.07) is 31.3. The van der Waals surface area contributed by atoms with Crippen LogP contribution in [0.4, 0.5) is 11.4 Å². The van der Waals surface area contributed by atoms with Gasteiger partial charge in [0.25, 0.3) is 11.8 Å². The van der Waals surface area contributed by atoms with Gasteiger partial charge in [-0.15, -0.1) is 11.8 Å². The van der Waals surface area contributed by atoms with Gasteiger partial charge >= 0.3 is 0 Å². The Morgan fingerprint density at radius 2 is 1.69 bits per heavy atom. The number of nitrogens with zero attached hydrogens (tertiary/aromatic N) is 1. The molecular weight excluding hydrogens is 546 g/mol. The number of carbonyl (C=O) groups is 3. The molecule has 4 aromatic carbocycles. The third kappa shape index (κ3) is 7.27. The number of hydrogen-bond donors (Lipinski definition) is 2. The monoisotopic (exact) mass is 577 g/mol. The molecule has 0 bridgehead atoms. The fourth-order valence-corrected chi connectivity index (χ4v) is 5.55. The lowest BCUT2D eigenvalue weighted by molar-refractivity contribution is -0.116. The van der Waals surface area contributed by atoms with Crippen LogP contribution in [-0.2, 0) is 16.0 Å². The minimum atomic E-state index is -0.481. The van der Waals surface area contributed by atoms with Crippen LogP contribution in [0.5, 0.6) is 5.75 Å². The van der Waals surface area contributed by atoms with Crippen molar-refractivity contribution >= 4 is 46.9 Å². The zero-order valence-electron chi connectivity index (χ0n) is 23.2. The molecule has 212 valence electrons. The second-order valence-electron chi connectivity index (χ2n) is 9.70. The van der Waals surface area contributed by atoms with E-state index in [0.717, 1.165) is 23.4 Å². The highest BCUT2D eigenvalue weighted by Crippen LogP contribution is 2.29. The van der Waals surface area contributed by atoms with Gasteiger partial charge in [-0.05, 0) is 78.6 Å². The predicted molar refractivity (Wildman–Crippen MR) is 168 cm³/mol. The van der Waals surface area contributed by atoms with Crippen molar-refractivity contribution in [2.24, 2.45) is 0 Å². The highest BCUT2D eigenvalue weighted by Gasteiger charge is 2.22. The number of carbonyl (C=O) groups excluding carboxylic acids is 3. The smallest absolute Gasteiger partial charge is 0.272 e. The van der Waals surface area contributed by atoms with E-state index < -0.39 is 11.8 Å². The normalized spacial score (nSPS) is 12.7. The predicted octanol–water partition coefficient (Wildman–Crippen LogP) is 6.18.